The second-order valence-electron chi connectivity index (χ2n) is 4.18. The van der Waals surface area contributed by atoms with E-state index in [1.165, 1.54) is 13.2 Å². The Labute approximate surface area is 136 Å². The van der Waals surface area contributed by atoms with E-state index >= 15 is 0 Å². The van der Waals surface area contributed by atoms with Gasteiger partial charge in [-0.25, -0.2) is 9.97 Å². The Morgan fingerprint density at radius 1 is 1.32 bits per heavy atom. The Morgan fingerprint density at radius 3 is 2.64 bits per heavy atom. The second kappa shape index (κ2) is 7.19. The molecule has 0 aliphatic heterocycles. The molecule has 7 nitrogen and oxygen atoms in total. The number of nitrogens with zero attached hydrogens (tertiary/aromatic N) is 2. The molecule has 0 radical (unpaired) electrons. The van der Waals surface area contributed by atoms with Gasteiger partial charge in [-0.1, -0.05) is 23.4 Å². The maximum atomic E-state index is 12.0. The topological polar surface area (TPSA) is 116 Å². The highest BCUT2D eigenvalue weighted by atomic mass is 35.5. The van der Waals surface area contributed by atoms with Crippen LogP contribution in [-0.4, -0.2) is 28.7 Å². The Balaban J connectivity index is 2.00. The fraction of sp³-hybridized carbons (Fsp3) is 0.154. The molecule has 2 aromatic rings. The third kappa shape index (κ3) is 4.40. The molecule has 0 fully saturated rings. The number of benzene rings is 1. The lowest BCUT2D eigenvalue weighted by Gasteiger charge is -2.10. The van der Waals surface area contributed by atoms with Crippen LogP contribution in [0.1, 0.15) is 0 Å². The molecule has 2 rings (SSSR count). The number of rotatable bonds is 5. The van der Waals surface area contributed by atoms with Crippen molar-refractivity contribution in [3.63, 3.8) is 0 Å². The average Bonchev–Trinajstić information content (AvgIpc) is 2.44. The zero-order valence-corrected chi connectivity index (χ0v) is 13.2. The molecular weight excluding hydrogens is 326 g/mol. The zero-order valence-electron chi connectivity index (χ0n) is 11.7. The van der Waals surface area contributed by atoms with E-state index in [0.717, 1.165) is 11.8 Å². The van der Waals surface area contributed by atoms with E-state index in [9.17, 15) is 4.79 Å². The molecule has 5 N–H and O–H groups in total. The predicted molar refractivity (Wildman–Crippen MR) is 88.2 cm³/mol. The average molecular weight is 340 g/mol. The lowest BCUT2D eigenvalue weighted by Crippen LogP contribution is -2.15. The van der Waals surface area contributed by atoms with E-state index in [4.69, 9.17) is 27.8 Å². The summed E-state index contributed by atoms with van der Waals surface area (Å²) in [5.74, 6) is 0.875. The highest BCUT2D eigenvalue weighted by Crippen LogP contribution is 2.28. The third-order valence-corrected chi connectivity index (χ3v) is 3.60. The van der Waals surface area contributed by atoms with Gasteiger partial charge < -0.3 is 21.5 Å². The largest absolute Gasteiger partial charge is 0.495 e. The molecule has 0 spiro atoms. The van der Waals surface area contributed by atoms with Crippen molar-refractivity contribution >= 4 is 46.6 Å². The van der Waals surface area contributed by atoms with Crippen molar-refractivity contribution in [3.8, 4) is 5.75 Å². The number of ether oxygens (including phenoxy) is 1. The molecule has 0 aliphatic rings. The van der Waals surface area contributed by atoms with Gasteiger partial charge in [0.05, 0.1) is 18.6 Å². The fourth-order valence-electron chi connectivity index (χ4n) is 1.62. The van der Waals surface area contributed by atoms with Gasteiger partial charge in [-0.05, 0) is 18.2 Å². The minimum absolute atomic E-state index is 0.0958. The van der Waals surface area contributed by atoms with Crippen LogP contribution in [0.3, 0.4) is 0 Å². The highest BCUT2D eigenvalue weighted by molar-refractivity contribution is 7.99. The van der Waals surface area contributed by atoms with Crippen LogP contribution >= 0.6 is 23.4 Å². The quantitative estimate of drug-likeness (QED) is 0.563. The Hall–Kier alpha value is -2.19. The number of anilines is 3. The molecule has 0 aliphatic carbocycles. The second-order valence-corrected chi connectivity index (χ2v) is 5.56. The van der Waals surface area contributed by atoms with Crippen LogP contribution in [0, 0.1) is 0 Å². The Bertz CT molecular complexity index is 678. The zero-order chi connectivity index (χ0) is 16.1. The molecule has 1 aromatic heterocycles. The van der Waals surface area contributed by atoms with Crippen LogP contribution in [0.25, 0.3) is 0 Å². The van der Waals surface area contributed by atoms with Gasteiger partial charge in [0.1, 0.15) is 17.4 Å². The molecule has 1 heterocycles. The number of halogens is 1. The van der Waals surface area contributed by atoms with Crippen LogP contribution in [0.5, 0.6) is 5.75 Å². The molecule has 22 heavy (non-hydrogen) atoms. The summed E-state index contributed by atoms with van der Waals surface area (Å²) in [4.78, 5) is 20.0. The van der Waals surface area contributed by atoms with Gasteiger partial charge >= 0.3 is 0 Å². The molecule has 1 amide bonds. The lowest BCUT2D eigenvalue weighted by atomic mass is 10.3. The SMILES string of the molecule is COc1ccc(Cl)cc1NC(=O)CSc1nc(N)cc(N)n1. The monoisotopic (exact) mass is 339 g/mol. The first kappa shape index (κ1) is 16.2. The summed E-state index contributed by atoms with van der Waals surface area (Å²) in [6.07, 6.45) is 0. The number of aromatic nitrogens is 2. The molecule has 116 valence electrons. The number of thioether (sulfide) groups is 1. The molecule has 9 heteroatoms. The van der Waals surface area contributed by atoms with Gasteiger partial charge in [0.2, 0.25) is 5.91 Å². The van der Waals surface area contributed by atoms with E-state index in [-0.39, 0.29) is 23.3 Å². The molecule has 0 atom stereocenters. The van der Waals surface area contributed by atoms with Crippen LogP contribution in [0.15, 0.2) is 29.4 Å². The number of hydrogen-bond acceptors (Lipinski definition) is 7. The first-order valence-electron chi connectivity index (χ1n) is 6.14. The van der Waals surface area contributed by atoms with E-state index in [1.54, 1.807) is 18.2 Å². The third-order valence-electron chi connectivity index (χ3n) is 2.51. The first-order chi connectivity index (χ1) is 10.5. The number of methoxy groups -OCH3 is 1. The van der Waals surface area contributed by atoms with Crippen molar-refractivity contribution < 1.29 is 9.53 Å². The smallest absolute Gasteiger partial charge is 0.234 e. The first-order valence-corrected chi connectivity index (χ1v) is 7.50. The van der Waals surface area contributed by atoms with Crippen LogP contribution in [0.2, 0.25) is 5.02 Å². The van der Waals surface area contributed by atoms with E-state index in [0.29, 0.717) is 21.6 Å². The van der Waals surface area contributed by atoms with Crippen LogP contribution in [0.4, 0.5) is 17.3 Å². The molecule has 0 saturated carbocycles. The highest BCUT2D eigenvalue weighted by Gasteiger charge is 2.10. The molecule has 0 unspecified atom stereocenters. The number of nitrogen functional groups attached to an aromatic ring is 2. The maximum Gasteiger partial charge on any atom is 0.234 e. The molecular formula is C13H14ClN5O2S. The van der Waals surface area contributed by atoms with Crippen molar-refractivity contribution in [3.05, 3.63) is 29.3 Å². The Morgan fingerprint density at radius 2 is 2.00 bits per heavy atom. The van der Waals surface area contributed by atoms with E-state index < -0.39 is 0 Å². The Kier molecular flexibility index (Phi) is 5.29. The van der Waals surface area contributed by atoms with Gasteiger partial charge in [-0.2, -0.15) is 0 Å². The minimum Gasteiger partial charge on any atom is -0.495 e. The van der Waals surface area contributed by atoms with Gasteiger partial charge in [0.25, 0.3) is 0 Å². The number of nitrogens with two attached hydrogens (primary N) is 2. The maximum absolute atomic E-state index is 12.0. The number of nitrogens with one attached hydrogen (secondary N) is 1. The van der Waals surface area contributed by atoms with Crippen LogP contribution < -0.4 is 21.5 Å². The number of hydrogen-bond donors (Lipinski definition) is 3. The fourth-order valence-corrected chi connectivity index (χ4v) is 2.47. The molecule has 0 bridgehead atoms. The van der Waals surface area contributed by atoms with Crippen LogP contribution in [-0.2, 0) is 4.79 Å². The number of amides is 1. The summed E-state index contributed by atoms with van der Waals surface area (Å²) in [5, 5.41) is 3.55. The van der Waals surface area contributed by atoms with E-state index in [1.807, 2.05) is 0 Å². The van der Waals surface area contributed by atoms with Crippen molar-refractivity contribution in [2.45, 2.75) is 5.16 Å². The van der Waals surface area contributed by atoms with Crippen molar-refractivity contribution in [1.82, 2.24) is 9.97 Å². The van der Waals surface area contributed by atoms with Crippen molar-refractivity contribution in [2.24, 2.45) is 0 Å². The van der Waals surface area contributed by atoms with Crippen molar-refractivity contribution in [1.29, 1.82) is 0 Å². The summed E-state index contributed by atoms with van der Waals surface area (Å²) in [6, 6.07) is 6.40. The molecule has 1 aromatic carbocycles. The summed E-state index contributed by atoms with van der Waals surface area (Å²) < 4.78 is 5.16. The standard InChI is InChI=1S/C13H14ClN5O2S/c1-21-9-3-2-7(14)4-8(9)17-12(20)6-22-13-18-10(15)5-11(16)19-13/h2-5H,6H2,1H3,(H,17,20)(H4,15,16,18,19). The predicted octanol–water partition coefficient (Wildman–Crippen LogP) is 2.03. The lowest BCUT2D eigenvalue weighted by molar-refractivity contribution is -0.113. The summed E-state index contributed by atoms with van der Waals surface area (Å²) >= 11 is 7.03. The number of carbonyl (C=O) groups excluding carboxylic acids is 1. The van der Waals surface area contributed by atoms with Gasteiger partial charge in [0.15, 0.2) is 5.16 Å². The minimum atomic E-state index is -0.254. The van der Waals surface area contributed by atoms with Crippen molar-refractivity contribution in [2.75, 3.05) is 29.6 Å². The van der Waals surface area contributed by atoms with Gasteiger partial charge in [0, 0.05) is 11.1 Å². The normalized spacial score (nSPS) is 10.3. The van der Waals surface area contributed by atoms with E-state index in [2.05, 4.69) is 15.3 Å². The summed E-state index contributed by atoms with van der Waals surface area (Å²) in [7, 11) is 1.51. The van der Waals surface area contributed by atoms with Gasteiger partial charge in [-0.3, -0.25) is 4.79 Å². The summed E-state index contributed by atoms with van der Waals surface area (Å²) in [6.45, 7) is 0. The summed E-state index contributed by atoms with van der Waals surface area (Å²) in [5.41, 5.74) is 11.6. The van der Waals surface area contributed by atoms with Gasteiger partial charge in [-0.15, -0.1) is 0 Å². The molecule has 0 saturated heterocycles. The number of carbonyl (C=O) groups is 1.